The van der Waals surface area contributed by atoms with Crippen molar-refractivity contribution in [2.24, 2.45) is 0 Å². The molecule has 0 heterocycles. The van der Waals surface area contributed by atoms with Crippen molar-refractivity contribution >= 4 is 0 Å². The molecule has 2 aromatic rings. The smallest absolute Gasteiger partial charge is 0.129 e. The van der Waals surface area contributed by atoms with E-state index in [1.165, 1.54) is 6.07 Å². The zero-order valence-electron chi connectivity index (χ0n) is 12.4. The number of hydrogen-bond acceptors (Lipinski definition) is 3. The average Bonchev–Trinajstić information content (AvgIpc) is 2.49. The maximum absolute atomic E-state index is 13.4. The Morgan fingerprint density at radius 1 is 1.05 bits per heavy atom. The van der Waals surface area contributed by atoms with Crippen LogP contribution in [-0.2, 0) is 6.54 Å². The molecule has 0 atom stereocenters. The molecule has 1 N–H and O–H groups in total. The van der Waals surface area contributed by atoms with E-state index >= 15 is 0 Å². The summed E-state index contributed by atoms with van der Waals surface area (Å²) in [5.74, 6) is 1.10. The van der Waals surface area contributed by atoms with E-state index in [0.29, 0.717) is 24.5 Å². The number of halogens is 1. The van der Waals surface area contributed by atoms with Crippen molar-refractivity contribution < 1.29 is 13.9 Å². The highest BCUT2D eigenvalue weighted by Gasteiger charge is 2.03. The van der Waals surface area contributed by atoms with Crippen LogP contribution in [0.1, 0.15) is 11.1 Å². The van der Waals surface area contributed by atoms with Gasteiger partial charge in [-0.1, -0.05) is 24.3 Å². The predicted octanol–water partition coefficient (Wildman–Crippen LogP) is 3.31. The lowest BCUT2D eigenvalue weighted by molar-refractivity contribution is 0.215. The van der Waals surface area contributed by atoms with Crippen LogP contribution in [0.5, 0.6) is 11.5 Å². The standard InChI is InChI=1S/C17H20FNO2/c1-13-7-8-15(11-16(13)18)20-9-10-21-17-6-4-3-5-14(17)12-19-2/h3-8,11,19H,9-10,12H2,1-2H3. The summed E-state index contributed by atoms with van der Waals surface area (Å²) in [6.45, 7) is 3.26. The molecule has 21 heavy (non-hydrogen) atoms. The molecule has 0 radical (unpaired) electrons. The lowest BCUT2D eigenvalue weighted by atomic mass is 10.2. The van der Waals surface area contributed by atoms with Crippen molar-refractivity contribution in [3.63, 3.8) is 0 Å². The zero-order chi connectivity index (χ0) is 15.1. The van der Waals surface area contributed by atoms with Gasteiger partial charge in [0.15, 0.2) is 0 Å². The molecule has 2 rings (SSSR count). The maximum atomic E-state index is 13.4. The first-order chi connectivity index (χ1) is 10.2. The topological polar surface area (TPSA) is 30.5 Å². The summed E-state index contributed by atoms with van der Waals surface area (Å²) in [5.41, 5.74) is 1.71. The number of aryl methyl sites for hydroxylation is 1. The molecule has 0 spiro atoms. The van der Waals surface area contributed by atoms with Gasteiger partial charge in [0.2, 0.25) is 0 Å². The van der Waals surface area contributed by atoms with Crippen molar-refractivity contribution in [1.29, 1.82) is 0 Å². The molecule has 3 nitrogen and oxygen atoms in total. The van der Waals surface area contributed by atoms with Gasteiger partial charge in [0.1, 0.15) is 30.5 Å². The third-order valence-electron chi connectivity index (χ3n) is 3.09. The maximum Gasteiger partial charge on any atom is 0.129 e. The Labute approximate surface area is 124 Å². The highest BCUT2D eigenvalue weighted by Crippen LogP contribution is 2.18. The summed E-state index contributed by atoms with van der Waals surface area (Å²) in [6.07, 6.45) is 0. The highest BCUT2D eigenvalue weighted by molar-refractivity contribution is 5.33. The number of hydrogen-bond donors (Lipinski definition) is 1. The van der Waals surface area contributed by atoms with Crippen LogP contribution in [0.3, 0.4) is 0 Å². The van der Waals surface area contributed by atoms with Crippen molar-refractivity contribution in [2.75, 3.05) is 20.3 Å². The van der Waals surface area contributed by atoms with Gasteiger partial charge in [-0.2, -0.15) is 0 Å². The SMILES string of the molecule is CNCc1ccccc1OCCOc1ccc(C)c(F)c1. The van der Waals surface area contributed by atoms with Crippen LogP contribution in [0.25, 0.3) is 0 Å². The Morgan fingerprint density at radius 2 is 1.81 bits per heavy atom. The van der Waals surface area contributed by atoms with Crippen molar-refractivity contribution in [1.82, 2.24) is 5.32 Å². The fourth-order valence-electron chi connectivity index (χ4n) is 1.96. The summed E-state index contributed by atoms with van der Waals surface area (Å²) in [4.78, 5) is 0. The third-order valence-corrected chi connectivity index (χ3v) is 3.09. The molecule has 112 valence electrons. The molecule has 2 aromatic carbocycles. The van der Waals surface area contributed by atoms with Crippen molar-refractivity contribution in [3.8, 4) is 11.5 Å². The molecule has 0 fully saturated rings. The first-order valence-electron chi connectivity index (χ1n) is 6.95. The lowest BCUT2D eigenvalue weighted by Gasteiger charge is -2.12. The number of nitrogens with one attached hydrogen (secondary N) is 1. The molecule has 0 aliphatic carbocycles. The monoisotopic (exact) mass is 289 g/mol. The number of ether oxygens (including phenoxy) is 2. The van der Waals surface area contributed by atoms with Gasteiger partial charge >= 0.3 is 0 Å². The number of para-hydroxylation sites is 1. The van der Waals surface area contributed by atoms with Crippen LogP contribution in [0, 0.1) is 12.7 Å². The Balaban J connectivity index is 1.83. The second-order valence-electron chi connectivity index (χ2n) is 4.75. The largest absolute Gasteiger partial charge is 0.490 e. The quantitative estimate of drug-likeness (QED) is 0.793. The summed E-state index contributed by atoms with van der Waals surface area (Å²) in [7, 11) is 1.89. The van der Waals surface area contributed by atoms with Crippen LogP contribution in [0.4, 0.5) is 4.39 Å². The summed E-state index contributed by atoms with van der Waals surface area (Å²) >= 11 is 0. The molecule has 0 aliphatic rings. The van der Waals surface area contributed by atoms with E-state index in [2.05, 4.69) is 5.32 Å². The van der Waals surface area contributed by atoms with Crippen LogP contribution in [0.2, 0.25) is 0 Å². The van der Waals surface area contributed by atoms with Crippen molar-refractivity contribution in [3.05, 3.63) is 59.4 Å². The van der Waals surface area contributed by atoms with Crippen LogP contribution >= 0.6 is 0 Å². The minimum atomic E-state index is -0.257. The lowest BCUT2D eigenvalue weighted by Crippen LogP contribution is -2.12. The average molecular weight is 289 g/mol. The van der Waals surface area contributed by atoms with Gasteiger partial charge < -0.3 is 14.8 Å². The van der Waals surface area contributed by atoms with Crippen LogP contribution < -0.4 is 14.8 Å². The number of rotatable bonds is 7. The summed E-state index contributed by atoms with van der Waals surface area (Å²) in [6, 6.07) is 12.7. The molecule has 0 aliphatic heterocycles. The first kappa shape index (κ1) is 15.3. The van der Waals surface area contributed by atoms with Crippen LogP contribution in [-0.4, -0.2) is 20.3 Å². The van der Waals surface area contributed by atoms with Crippen LogP contribution in [0.15, 0.2) is 42.5 Å². The van der Waals surface area contributed by atoms with Gasteiger partial charge in [-0.05, 0) is 31.7 Å². The molecule has 0 bridgehead atoms. The second kappa shape index (κ2) is 7.64. The van der Waals surface area contributed by atoms with Gasteiger partial charge in [-0.25, -0.2) is 4.39 Å². The molecule has 0 amide bonds. The number of benzene rings is 2. The third kappa shape index (κ3) is 4.46. The first-order valence-corrected chi connectivity index (χ1v) is 6.95. The fourth-order valence-corrected chi connectivity index (χ4v) is 1.96. The Bertz CT molecular complexity index is 587. The fraction of sp³-hybridized carbons (Fsp3) is 0.294. The van der Waals surface area contributed by atoms with E-state index in [9.17, 15) is 4.39 Å². The van der Waals surface area contributed by atoms with E-state index < -0.39 is 0 Å². The van der Waals surface area contributed by atoms with Gasteiger partial charge in [-0.15, -0.1) is 0 Å². The van der Waals surface area contributed by atoms with Gasteiger partial charge in [0.25, 0.3) is 0 Å². The van der Waals surface area contributed by atoms with E-state index in [4.69, 9.17) is 9.47 Å². The molecule has 0 aromatic heterocycles. The summed E-state index contributed by atoms with van der Waals surface area (Å²) in [5, 5.41) is 3.10. The normalized spacial score (nSPS) is 10.4. The Hall–Kier alpha value is -2.07. The second-order valence-corrected chi connectivity index (χ2v) is 4.75. The van der Waals surface area contributed by atoms with Gasteiger partial charge in [0.05, 0.1) is 0 Å². The Morgan fingerprint density at radius 3 is 2.57 bits per heavy atom. The van der Waals surface area contributed by atoms with E-state index in [-0.39, 0.29) is 5.82 Å². The van der Waals surface area contributed by atoms with Gasteiger partial charge in [0, 0.05) is 18.2 Å². The molecule has 0 unspecified atom stereocenters. The van der Waals surface area contributed by atoms with E-state index in [0.717, 1.165) is 17.9 Å². The molecular formula is C17H20FNO2. The summed E-state index contributed by atoms with van der Waals surface area (Å²) < 4.78 is 24.6. The van der Waals surface area contributed by atoms with Gasteiger partial charge in [-0.3, -0.25) is 0 Å². The molecule has 0 saturated carbocycles. The molecule has 4 heteroatoms. The zero-order valence-corrected chi connectivity index (χ0v) is 12.4. The van der Waals surface area contributed by atoms with E-state index in [1.54, 1.807) is 19.1 Å². The minimum Gasteiger partial charge on any atom is -0.490 e. The van der Waals surface area contributed by atoms with Crippen molar-refractivity contribution in [2.45, 2.75) is 13.5 Å². The molecule has 0 saturated heterocycles. The minimum absolute atomic E-state index is 0.257. The van der Waals surface area contributed by atoms with E-state index in [1.807, 2.05) is 31.3 Å². The highest BCUT2D eigenvalue weighted by atomic mass is 19.1. The Kier molecular flexibility index (Phi) is 5.58. The molecular weight excluding hydrogens is 269 g/mol. The predicted molar refractivity (Wildman–Crippen MR) is 81.3 cm³/mol.